The van der Waals surface area contributed by atoms with Crippen LogP contribution in [0.15, 0.2) is 0 Å². The number of rotatable bonds is 5. The second-order valence-corrected chi connectivity index (χ2v) is 6.23. The molecular weight excluding hydrogens is 297 g/mol. The van der Waals surface area contributed by atoms with E-state index in [1.165, 1.54) is 19.4 Å². The van der Waals surface area contributed by atoms with E-state index in [1.807, 2.05) is 11.9 Å². The molecule has 0 bridgehead atoms. The van der Waals surface area contributed by atoms with Crippen molar-refractivity contribution >= 4 is 30.7 Å². The highest BCUT2D eigenvalue weighted by atomic mass is 35.5. The van der Waals surface area contributed by atoms with Crippen molar-refractivity contribution in [2.75, 3.05) is 33.7 Å². The molecule has 0 aromatic carbocycles. The molecule has 1 aliphatic heterocycles. The fourth-order valence-electron chi connectivity index (χ4n) is 2.79. The number of likely N-dealkylation sites (N-methyl/N-ethyl adjacent to an activating group) is 1. The summed E-state index contributed by atoms with van der Waals surface area (Å²) in [5.74, 6) is 1.17. The summed E-state index contributed by atoms with van der Waals surface area (Å²) in [4.78, 5) is 16.3. The number of halogens is 2. The van der Waals surface area contributed by atoms with Gasteiger partial charge in [-0.15, -0.1) is 24.8 Å². The predicted octanol–water partition coefficient (Wildman–Crippen LogP) is 2.00. The molecule has 20 heavy (non-hydrogen) atoms. The van der Waals surface area contributed by atoms with Crippen LogP contribution in [-0.2, 0) is 4.79 Å². The summed E-state index contributed by atoms with van der Waals surface area (Å²) >= 11 is 0. The van der Waals surface area contributed by atoms with E-state index in [2.05, 4.69) is 25.8 Å². The molecule has 1 amide bonds. The van der Waals surface area contributed by atoms with Crippen LogP contribution >= 0.6 is 24.8 Å². The van der Waals surface area contributed by atoms with Crippen molar-refractivity contribution in [3.8, 4) is 0 Å². The Kier molecular flexibility index (Phi) is 11.9. The van der Waals surface area contributed by atoms with E-state index >= 15 is 0 Å². The van der Waals surface area contributed by atoms with Crippen LogP contribution in [-0.4, -0.2) is 55.5 Å². The van der Waals surface area contributed by atoms with E-state index in [-0.39, 0.29) is 36.8 Å². The molecule has 1 fully saturated rings. The topological polar surface area (TPSA) is 49.6 Å². The van der Waals surface area contributed by atoms with Crippen LogP contribution in [0.25, 0.3) is 0 Å². The number of carbonyl (C=O) groups is 1. The Morgan fingerprint density at radius 1 is 1.40 bits per heavy atom. The number of nitrogens with zero attached hydrogens (tertiary/aromatic N) is 2. The molecule has 4 nitrogen and oxygen atoms in total. The van der Waals surface area contributed by atoms with Crippen molar-refractivity contribution in [2.24, 2.45) is 17.6 Å². The maximum absolute atomic E-state index is 12.1. The van der Waals surface area contributed by atoms with Crippen molar-refractivity contribution in [1.82, 2.24) is 9.80 Å². The minimum Gasteiger partial charge on any atom is -0.344 e. The van der Waals surface area contributed by atoms with Gasteiger partial charge in [0.25, 0.3) is 0 Å². The third kappa shape index (κ3) is 7.67. The van der Waals surface area contributed by atoms with Crippen LogP contribution in [0.1, 0.15) is 33.1 Å². The summed E-state index contributed by atoms with van der Waals surface area (Å²) in [6.07, 6.45) is 3.23. The first-order valence-electron chi connectivity index (χ1n) is 7.09. The largest absolute Gasteiger partial charge is 0.344 e. The summed E-state index contributed by atoms with van der Waals surface area (Å²) in [6, 6.07) is -0.337. The van der Waals surface area contributed by atoms with Gasteiger partial charge in [0.2, 0.25) is 5.91 Å². The average Bonchev–Trinajstić information content (AvgIpc) is 2.27. The number of nitrogens with two attached hydrogens (primary N) is 1. The fraction of sp³-hybridized carbons (Fsp3) is 0.929. The first kappa shape index (κ1) is 22.3. The van der Waals surface area contributed by atoms with Crippen LogP contribution in [0.4, 0.5) is 0 Å². The Morgan fingerprint density at radius 2 is 2.00 bits per heavy atom. The van der Waals surface area contributed by atoms with E-state index in [0.717, 1.165) is 19.5 Å². The summed E-state index contributed by atoms with van der Waals surface area (Å²) in [6.45, 7) is 7.32. The van der Waals surface area contributed by atoms with Crippen LogP contribution in [0, 0.1) is 11.8 Å². The smallest absolute Gasteiger partial charge is 0.239 e. The third-order valence-corrected chi connectivity index (χ3v) is 3.67. The van der Waals surface area contributed by atoms with Crippen LogP contribution < -0.4 is 5.73 Å². The van der Waals surface area contributed by atoms with E-state index in [9.17, 15) is 4.79 Å². The van der Waals surface area contributed by atoms with E-state index in [4.69, 9.17) is 5.73 Å². The standard InChI is InChI=1S/C14H29N3O.2ClH/c1-11(2)8-13(15)14(18)17(4)10-12-6-5-7-16(3)9-12;;/h11-13H,5-10,15H2,1-4H3;2*1H/t12?,13-;;/m0../s1. The molecule has 0 aliphatic carbocycles. The molecule has 1 heterocycles. The minimum absolute atomic E-state index is 0. The van der Waals surface area contributed by atoms with Gasteiger partial charge in [-0.25, -0.2) is 0 Å². The first-order valence-corrected chi connectivity index (χ1v) is 7.09. The molecule has 2 N–H and O–H groups in total. The monoisotopic (exact) mass is 327 g/mol. The molecule has 0 spiro atoms. The maximum Gasteiger partial charge on any atom is 0.239 e. The van der Waals surface area contributed by atoms with Gasteiger partial charge in [0.05, 0.1) is 6.04 Å². The highest BCUT2D eigenvalue weighted by Gasteiger charge is 2.23. The summed E-state index contributed by atoms with van der Waals surface area (Å²) < 4.78 is 0. The second-order valence-electron chi connectivity index (χ2n) is 6.23. The Bertz CT molecular complexity index is 277. The lowest BCUT2D eigenvalue weighted by molar-refractivity contribution is -0.132. The van der Waals surface area contributed by atoms with Crippen molar-refractivity contribution < 1.29 is 4.79 Å². The van der Waals surface area contributed by atoms with Crippen LogP contribution in [0.3, 0.4) is 0 Å². The molecule has 0 aromatic rings. The molecule has 6 heteroatoms. The molecule has 1 saturated heterocycles. The fourth-order valence-corrected chi connectivity index (χ4v) is 2.79. The molecule has 0 radical (unpaired) electrons. The van der Waals surface area contributed by atoms with E-state index < -0.39 is 0 Å². The molecule has 2 atom stereocenters. The molecule has 122 valence electrons. The SMILES string of the molecule is CC(C)C[C@H](N)C(=O)N(C)CC1CCCN(C)C1.Cl.Cl. The molecule has 0 saturated carbocycles. The van der Waals surface area contributed by atoms with Gasteiger partial charge >= 0.3 is 0 Å². The number of likely N-dealkylation sites (tertiary alicyclic amines) is 1. The lowest BCUT2D eigenvalue weighted by Crippen LogP contribution is -2.46. The zero-order chi connectivity index (χ0) is 13.7. The molecule has 0 aromatic heterocycles. The predicted molar refractivity (Wildman–Crippen MR) is 89.8 cm³/mol. The molecule has 1 unspecified atom stereocenters. The molecule has 1 rings (SSSR count). The highest BCUT2D eigenvalue weighted by Crippen LogP contribution is 2.16. The molecule has 1 aliphatic rings. The minimum atomic E-state index is -0.337. The second kappa shape index (κ2) is 10.7. The zero-order valence-corrected chi connectivity index (χ0v) is 14.8. The maximum atomic E-state index is 12.1. The van der Waals surface area contributed by atoms with Gasteiger partial charge in [0.15, 0.2) is 0 Å². The molecular formula is C14H31Cl2N3O. The van der Waals surface area contributed by atoms with Crippen LogP contribution in [0.5, 0.6) is 0 Å². The average molecular weight is 328 g/mol. The number of hydrogen-bond acceptors (Lipinski definition) is 3. The number of carbonyl (C=O) groups excluding carboxylic acids is 1. The van der Waals surface area contributed by atoms with Gasteiger partial charge < -0.3 is 15.5 Å². The van der Waals surface area contributed by atoms with E-state index in [1.54, 1.807) is 0 Å². The Morgan fingerprint density at radius 3 is 2.50 bits per heavy atom. The van der Waals surface area contributed by atoms with Crippen molar-refractivity contribution in [2.45, 2.75) is 39.2 Å². The number of amides is 1. The van der Waals surface area contributed by atoms with Gasteiger partial charge in [-0.05, 0) is 44.7 Å². The Labute approximate surface area is 136 Å². The highest BCUT2D eigenvalue weighted by molar-refractivity contribution is 5.85. The van der Waals surface area contributed by atoms with Crippen molar-refractivity contribution in [1.29, 1.82) is 0 Å². The number of piperidine rings is 1. The van der Waals surface area contributed by atoms with Crippen molar-refractivity contribution in [3.63, 3.8) is 0 Å². The first-order chi connectivity index (χ1) is 8.40. The zero-order valence-electron chi connectivity index (χ0n) is 13.2. The summed E-state index contributed by atoms with van der Waals surface area (Å²) in [5.41, 5.74) is 5.95. The summed E-state index contributed by atoms with van der Waals surface area (Å²) in [7, 11) is 4.04. The Hall–Kier alpha value is -0.0300. The Balaban J connectivity index is 0. The lowest BCUT2D eigenvalue weighted by atomic mass is 9.97. The number of hydrogen-bond donors (Lipinski definition) is 1. The normalized spacial score (nSPS) is 20.8. The van der Waals surface area contributed by atoms with Gasteiger partial charge in [-0.3, -0.25) is 4.79 Å². The summed E-state index contributed by atoms with van der Waals surface area (Å²) in [5, 5.41) is 0. The van der Waals surface area contributed by atoms with E-state index in [0.29, 0.717) is 11.8 Å². The van der Waals surface area contributed by atoms with Gasteiger partial charge in [-0.1, -0.05) is 13.8 Å². The van der Waals surface area contributed by atoms with Crippen LogP contribution in [0.2, 0.25) is 0 Å². The van der Waals surface area contributed by atoms with Gasteiger partial charge in [-0.2, -0.15) is 0 Å². The quantitative estimate of drug-likeness (QED) is 0.840. The van der Waals surface area contributed by atoms with Gasteiger partial charge in [0.1, 0.15) is 0 Å². The van der Waals surface area contributed by atoms with Gasteiger partial charge in [0, 0.05) is 20.1 Å². The lowest BCUT2D eigenvalue weighted by Gasteiger charge is -2.33. The van der Waals surface area contributed by atoms with Crippen molar-refractivity contribution in [3.05, 3.63) is 0 Å². The third-order valence-electron chi connectivity index (χ3n) is 3.67.